The second-order valence-electron chi connectivity index (χ2n) is 4.13. The van der Waals surface area contributed by atoms with Gasteiger partial charge >= 0.3 is 6.03 Å². The Morgan fingerprint density at radius 3 is 2.95 bits per heavy atom. The standard InChI is InChI=1S/C14H17N5O/c1-2-16-13-8-11(5-7-17-13)9-18-14(20)19-12-4-3-6-15-10-12/h3-8,10H,2,9H2,1H3,(H,16,17)(H2,18,19,20). The van der Waals surface area contributed by atoms with Crippen molar-refractivity contribution in [3.8, 4) is 0 Å². The maximum Gasteiger partial charge on any atom is 0.319 e. The van der Waals surface area contributed by atoms with E-state index in [-0.39, 0.29) is 6.03 Å². The maximum absolute atomic E-state index is 11.7. The van der Waals surface area contributed by atoms with Gasteiger partial charge in [-0.15, -0.1) is 0 Å². The van der Waals surface area contributed by atoms with Gasteiger partial charge in [-0.2, -0.15) is 0 Å². The summed E-state index contributed by atoms with van der Waals surface area (Å²) in [4.78, 5) is 19.8. The Morgan fingerprint density at radius 2 is 2.20 bits per heavy atom. The number of carbonyl (C=O) groups excluding carboxylic acids is 1. The highest BCUT2D eigenvalue weighted by Crippen LogP contribution is 2.06. The molecule has 6 nitrogen and oxygen atoms in total. The molecule has 104 valence electrons. The molecule has 0 atom stereocenters. The van der Waals surface area contributed by atoms with Crippen LogP contribution in [0.25, 0.3) is 0 Å². The third-order valence-corrected chi connectivity index (χ3v) is 2.55. The van der Waals surface area contributed by atoms with Gasteiger partial charge in [0.1, 0.15) is 5.82 Å². The van der Waals surface area contributed by atoms with Crippen LogP contribution >= 0.6 is 0 Å². The highest BCUT2D eigenvalue weighted by atomic mass is 16.2. The van der Waals surface area contributed by atoms with Gasteiger partial charge in [0, 0.05) is 25.5 Å². The number of urea groups is 1. The molecule has 0 aromatic carbocycles. The van der Waals surface area contributed by atoms with Crippen molar-refractivity contribution < 1.29 is 4.79 Å². The van der Waals surface area contributed by atoms with Crippen LogP contribution in [0.15, 0.2) is 42.9 Å². The summed E-state index contributed by atoms with van der Waals surface area (Å²) in [7, 11) is 0. The van der Waals surface area contributed by atoms with E-state index in [0.29, 0.717) is 12.2 Å². The van der Waals surface area contributed by atoms with Gasteiger partial charge in [0.2, 0.25) is 0 Å². The van der Waals surface area contributed by atoms with Crippen LogP contribution < -0.4 is 16.0 Å². The summed E-state index contributed by atoms with van der Waals surface area (Å²) in [5.74, 6) is 0.805. The fourth-order valence-corrected chi connectivity index (χ4v) is 1.66. The molecule has 0 aliphatic heterocycles. The minimum absolute atomic E-state index is 0.264. The lowest BCUT2D eigenvalue weighted by Crippen LogP contribution is -2.28. The van der Waals surface area contributed by atoms with E-state index < -0.39 is 0 Å². The van der Waals surface area contributed by atoms with Crippen molar-refractivity contribution in [1.82, 2.24) is 15.3 Å². The van der Waals surface area contributed by atoms with Gasteiger partial charge in [-0.05, 0) is 36.8 Å². The number of nitrogens with one attached hydrogen (secondary N) is 3. The molecule has 3 N–H and O–H groups in total. The first kappa shape index (κ1) is 13.8. The Morgan fingerprint density at radius 1 is 1.30 bits per heavy atom. The highest BCUT2D eigenvalue weighted by molar-refractivity contribution is 5.88. The zero-order valence-corrected chi connectivity index (χ0v) is 11.3. The van der Waals surface area contributed by atoms with Crippen molar-refractivity contribution in [1.29, 1.82) is 0 Å². The average Bonchev–Trinajstić information content (AvgIpc) is 2.47. The molecule has 0 spiro atoms. The van der Waals surface area contributed by atoms with Crippen molar-refractivity contribution in [3.63, 3.8) is 0 Å². The molecule has 0 unspecified atom stereocenters. The number of rotatable bonds is 5. The Hall–Kier alpha value is -2.63. The Kier molecular flexibility index (Phi) is 4.88. The number of hydrogen-bond acceptors (Lipinski definition) is 4. The number of pyridine rings is 2. The first-order valence-corrected chi connectivity index (χ1v) is 6.41. The summed E-state index contributed by atoms with van der Waals surface area (Å²) in [6.07, 6.45) is 4.96. The number of carbonyl (C=O) groups is 1. The number of aromatic nitrogens is 2. The van der Waals surface area contributed by atoms with Gasteiger partial charge in [-0.1, -0.05) is 0 Å². The molecule has 0 fully saturated rings. The molecule has 0 saturated carbocycles. The second-order valence-corrected chi connectivity index (χ2v) is 4.13. The van der Waals surface area contributed by atoms with E-state index >= 15 is 0 Å². The SMILES string of the molecule is CCNc1cc(CNC(=O)Nc2cccnc2)ccn1. The molecule has 6 heteroatoms. The van der Waals surface area contributed by atoms with Crippen molar-refractivity contribution in [2.75, 3.05) is 17.2 Å². The average molecular weight is 271 g/mol. The number of amides is 2. The van der Waals surface area contributed by atoms with E-state index in [1.165, 1.54) is 0 Å². The van der Waals surface area contributed by atoms with E-state index in [9.17, 15) is 4.79 Å². The molecular weight excluding hydrogens is 254 g/mol. The van der Waals surface area contributed by atoms with Gasteiger partial charge in [-0.25, -0.2) is 9.78 Å². The highest BCUT2D eigenvalue weighted by Gasteiger charge is 2.02. The van der Waals surface area contributed by atoms with Crippen LogP contribution in [-0.2, 0) is 6.54 Å². The second kappa shape index (κ2) is 7.08. The molecule has 0 aliphatic rings. The van der Waals surface area contributed by atoms with Crippen LogP contribution in [0.1, 0.15) is 12.5 Å². The molecule has 2 aromatic rings. The van der Waals surface area contributed by atoms with E-state index in [4.69, 9.17) is 0 Å². The molecule has 20 heavy (non-hydrogen) atoms. The summed E-state index contributed by atoms with van der Waals surface area (Å²) < 4.78 is 0. The zero-order valence-electron chi connectivity index (χ0n) is 11.3. The first-order valence-electron chi connectivity index (χ1n) is 6.41. The fourth-order valence-electron chi connectivity index (χ4n) is 1.66. The van der Waals surface area contributed by atoms with Crippen LogP contribution in [0.2, 0.25) is 0 Å². The van der Waals surface area contributed by atoms with E-state index in [1.807, 2.05) is 19.1 Å². The minimum Gasteiger partial charge on any atom is -0.370 e. The van der Waals surface area contributed by atoms with E-state index in [2.05, 4.69) is 25.9 Å². The van der Waals surface area contributed by atoms with Gasteiger partial charge in [0.05, 0.1) is 11.9 Å². The molecule has 2 amide bonds. The van der Waals surface area contributed by atoms with Crippen molar-refractivity contribution in [3.05, 3.63) is 48.4 Å². The van der Waals surface area contributed by atoms with E-state index in [0.717, 1.165) is 17.9 Å². The van der Waals surface area contributed by atoms with Crippen molar-refractivity contribution in [2.24, 2.45) is 0 Å². The maximum atomic E-state index is 11.7. The lowest BCUT2D eigenvalue weighted by molar-refractivity contribution is 0.251. The minimum atomic E-state index is -0.264. The molecular formula is C14H17N5O. The summed E-state index contributed by atoms with van der Waals surface area (Å²) in [5.41, 5.74) is 1.64. The monoisotopic (exact) mass is 271 g/mol. The Bertz CT molecular complexity index is 559. The summed E-state index contributed by atoms with van der Waals surface area (Å²) >= 11 is 0. The first-order chi connectivity index (χ1) is 9.78. The van der Waals surface area contributed by atoms with Gasteiger partial charge in [0.15, 0.2) is 0 Å². The number of anilines is 2. The lowest BCUT2D eigenvalue weighted by atomic mass is 10.2. The smallest absolute Gasteiger partial charge is 0.319 e. The summed E-state index contributed by atoms with van der Waals surface area (Å²) in [6.45, 7) is 3.26. The van der Waals surface area contributed by atoms with Gasteiger partial charge in [0.25, 0.3) is 0 Å². The molecule has 0 aliphatic carbocycles. The normalized spacial score (nSPS) is 9.85. The number of nitrogens with zero attached hydrogens (tertiary/aromatic N) is 2. The molecule has 2 aromatic heterocycles. The third kappa shape index (κ3) is 4.24. The predicted octanol–water partition coefficient (Wildman–Crippen LogP) is 2.23. The molecule has 0 radical (unpaired) electrons. The van der Waals surface area contributed by atoms with Crippen molar-refractivity contribution in [2.45, 2.75) is 13.5 Å². The van der Waals surface area contributed by atoms with Gasteiger partial charge < -0.3 is 16.0 Å². The molecule has 0 saturated heterocycles. The van der Waals surface area contributed by atoms with Gasteiger partial charge in [-0.3, -0.25) is 4.98 Å². The third-order valence-electron chi connectivity index (χ3n) is 2.55. The quantitative estimate of drug-likeness (QED) is 0.779. The predicted molar refractivity (Wildman–Crippen MR) is 78.5 cm³/mol. The lowest BCUT2D eigenvalue weighted by Gasteiger charge is -2.08. The zero-order chi connectivity index (χ0) is 14.2. The molecule has 2 rings (SSSR count). The van der Waals surface area contributed by atoms with Crippen LogP contribution in [0, 0.1) is 0 Å². The largest absolute Gasteiger partial charge is 0.370 e. The Labute approximate surface area is 117 Å². The van der Waals surface area contributed by atoms with Crippen LogP contribution in [-0.4, -0.2) is 22.5 Å². The summed E-state index contributed by atoms with van der Waals surface area (Å²) in [5, 5.41) is 8.62. The Balaban J connectivity index is 1.85. The molecule has 0 bridgehead atoms. The molecule has 2 heterocycles. The topological polar surface area (TPSA) is 78.9 Å². The fraction of sp³-hybridized carbons (Fsp3) is 0.214. The number of hydrogen-bond donors (Lipinski definition) is 3. The van der Waals surface area contributed by atoms with Crippen LogP contribution in [0.3, 0.4) is 0 Å². The van der Waals surface area contributed by atoms with Crippen LogP contribution in [0.4, 0.5) is 16.3 Å². The summed E-state index contributed by atoms with van der Waals surface area (Å²) in [6, 6.07) is 7.06. The van der Waals surface area contributed by atoms with E-state index in [1.54, 1.807) is 30.7 Å². The van der Waals surface area contributed by atoms with Crippen LogP contribution in [0.5, 0.6) is 0 Å². The van der Waals surface area contributed by atoms with Crippen molar-refractivity contribution >= 4 is 17.5 Å².